The summed E-state index contributed by atoms with van der Waals surface area (Å²) in [6.45, 7) is 1.82. The minimum absolute atomic E-state index is 0. The van der Waals surface area contributed by atoms with Crippen LogP contribution in [0.1, 0.15) is 29.8 Å². The molecule has 2 N–H and O–H groups in total. The highest BCUT2D eigenvalue weighted by molar-refractivity contribution is 7.87. The van der Waals surface area contributed by atoms with Crippen molar-refractivity contribution in [2.24, 2.45) is 0 Å². The predicted octanol–water partition coefficient (Wildman–Crippen LogP) is 3.10. The van der Waals surface area contributed by atoms with Gasteiger partial charge in [-0.05, 0) is 31.5 Å². The lowest BCUT2D eigenvalue weighted by Crippen LogP contribution is -2.55. The average Bonchev–Trinajstić information content (AvgIpc) is 2.99. The third kappa shape index (κ3) is 4.64. The molecule has 1 aliphatic heterocycles. The van der Waals surface area contributed by atoms with E-state index in [2.05, 4.69) is 15.0 Å². The Morgan fingerprint density at radius 3 is 2.78 bits per heavy atom. The van der Waals surface area contributed by atoms with Gasteiger partial charge < -0.3 is 5.32 Å². The number of nitrogens with one attached hydrogen (secondary N) is 2. The molecule has 2 unspecified atom stereocenters. The number of rotatable bonds is 3. The first kappa shape index (κ1) is 21.7. The van der Waals surface area contributed by atoms with Gasteiger partial charge in [-0.15, -0.1) is 11.3 Å². The highest BCUT2D eigenvalue weighted by atomic mass is 35.5. The highest BCUT2D eigenvalue weighted by Crippen LogP contribution is 2.31. The van der Waals surface area contributed by atoms with Gasteiger partial charge in [0.05, 0.1) is 16.1 Å². The molecule has 1 aliphatic rings. The average molecular weight is 435 g/mol. The van der Waals surface area contributed by atoms with Crippen molar-refractivity contribution in [2.75, 3.05) is 12.4 Å². The molecule has 0 aliphatic carbocycles. The summed E-state index contributed by atoms with van der Waals surface area (Å²) in [4.78, 5) is 17.5. The van der Waals surface area contributed by atoms with Crippen molar-refractivity contribution in [1.82, 2.24) is 14.0 Å². The maximum Gasteiger partial charge on any atom is 0.280 e. The standard InChI is InChI=1S/C15H16ClFN4O3S2.CH4/c1-8-18-7-14(25-8)12-6-13(21(2)26(23,24)20-12)15(22)19-9-3-4-11(17)10(16)5-9;/h3-5,7,12-13,20H,6H2,1-2H3,(H,19,22);1H4. The van der Waals surface area contributed by atoms with Gasteiger partial charge in [0.25, 0.3) is 10.2 Å². The molecule has 0 bridgehead atoms. The van der Waals surface area contributed by atoms with Crippen molar-refractivity contribution in [3.8, 4) is 0 Å². The fraction of sp³-hybridized carbons (Fsp3) is 0.375. The molecule has 2 heterocycles. The maximum absolute atomic E-state index is 13.3. The first-order valence-corrected chi connectivity index (χ1v) is 10.2. The van der Waals surface area contributed by atoms with Gasteiger partial charge in [0.15, 0.2) is 0 Å². The number of anilines is 1. The van der Waals surface area contributed by atoms with E-state index in [0.29, 0.717) is 0 Å². The Hall–Kier alpha value is -1.59. The van der Waals surface area contributed by atoms with Gasteiger partial charge in [-0.2, -0.15) is 17.4 Å². The summed E-state index contributed by atoms with van der Waals surface area (Å²) in [5.74, 6) is -1.13. The first-order valence-electron chi connectivity index (χ1n) is 7.61. The molecule has 0 spiro atoms. The number of halogens is 2. The zero-order chi connectivity index (χ0) is 19.1. The number of thiazole rings is 1. The second-order valence-electron chi connectivity index (χ2n) is 5.84. The molecule has 1 saturated heterocycles. The fourth-order valence-electron chi connectivity index (χ4n) is 2.63. The van der Waals surface area contributed by atoms with Gasteiger partial charge >= 0.3 is 0 Å². The van der Waals surface area contributed by atoms with E-state index in [0.717, 1.165) is 20.3 Å². The Kier molecular flexibility index (Phi) is 6.59. The second kappa shape index (κ2) is 8.19. The zero-order valence-electron chi connectivity index (χ0n) is 13.9. The third-order valence-corrected chi connectivity index (χ3v) is 6.95. The summed E-state index contributed by atoms with van der Waals surface area (Å²) >= 11 is 7.08. The van der Waals surface area contributed by atoms with Crippen LogP contribution in [-0.4, -0.2) is 36.7 Å². The molecule has 148 valence electrons. The number of benzene rings is 1. The molecule has 27 heavy (non-hydrogen) atoms. The number of carbonyl (C=O) groups is 1. The SMILES string of the molecule is C.Cc1ncc(C2CC(C(=O)Nc3ccc(F)c(Cl)c3)N(C)S(=O)(=O)N2)s1. The lowest BCUT2D eigenvalue weighted by molar-refractivity contribution is -0.120. The molecule has 3 rings (SSSR count). The van der Waals surface area contributed by atoms with Crippen LogP contribution >= 0.6 is 22.9 Å². The molecule has 2 atom stereocenters. The largest absolute Gasteiger partial charge is 0.325 e. The van der Waals surface area contributed by atoms with Crippen LogP contribution in [0.2, 0.25) is 5.02 Å². The van der Waals surface area contributed by atoms with Crippen molar-refractivity contribution >= 4 is 44.7 Å². The van der Waals surface area contributed by atoms with Gasteiger partial charge in [-0.1, -0.05) is 19.0 Å². The van der Waals surface area contributed by atoms with Crippen molar-refractivity contribution in [3.63, 3.8) is 0 Å². The van der Waals surface area contributed by atoms with E-state index in [1.165, 1.54) is 30.5 Å². The van der Waals surface area contributed by atoms with Crippen molar-refractivity contribution in [1.29, 1.82) is 0 Å². The molecule has 0 radical (unpaired) electrons. The van der Waals surface area contributed by atoms with Crippen LogP contribution in [0.15, 0.2) is 24.4 Å². The smallest absolute Gasteiger partial charge is 0.280 e. The fourth-order valence-corrected chi connectivity index (χ4v) is 5.01. The Bertz CT molecular complexity index is 951. The molecule has 1 aromatic carbocycles. The van der Waals surface area contributed by atoms with Crippen LogP contribution in [0.3, 0.4) is 0 Å². The summed E-state index contributed by atoms with van der Waals surface area (Å²) < 4.78 is 41.6. The molecular weight excluding hydrogens is 415 g/mol. The number of hydrogen-bond acceptors (Lipinski definition) is 5. The molecule has 2 aromatic rings. The van der Waals surface area contributed by atoms with Gasteiger partial charge in [0.2, 0.25) is 5.91 Å². The van der Waals surface area contributed by atoms with Crippen LogP contribution in [0.25, 0.3) is 0 Å². The number of nitrogens with zero attached hydrogens (tertiary/aromatic N) is 2. The minimum atomic E-state index is -3.84. The van der Waals surface area contributed by atoms with Gasteiger partial charge in [-0.3, -0.25) is 4.79 Å². The molecule has 1 amide bonds. The van der Waals surface area contributed by atoms with E-state index in [9.17, 15) is 17.6 Å². The van der Waals surface area contributed by atoms with Crippen LogP contribution in [0.4, 0.5) is 10.1 Å². The van der Waals surface area contributed by atoms with Crippen LogP contribution in [-0.2, 0) is 15.0 Å². The van der Waals surface area contributed by atoms with E-state index >= 15 is 0 Å². The monoisotopic (exact) mass is 434 g/mol. The summed E-state index contributed by atoms with van der Waals surface area (Å²) in [5.41, 5.74) is 0.288. The number of likely N-dealkylation sites (N-methyl/N-ethyl adjacent to an activating group) is 1. The Balaban J connectivity index is 0.00000261. The van der Waals surface area contributed by atoms with E-state index in [1.54, 1.807) is 6.20 Å². The number of carbonyl (C=O) groups excluding carboxylic acids is 1. The summed E-state index contributed by atoms with van der Waals surface area (Å²) in [6, 6.07) is 2.28. The molecular formula is C16H20ClFN4O3S2. The van der Waals surface area contributed by atoms with E-state index < -0.39 is 34.0 Å². The Morgan fingerprint density at radius 1 is 1.48 bits per heavy atom. The molecule has 1 fully saturated rings. The Labute approximate surface area is 166 Å². The summed E-state index contributed by atoms with van der Waals surface area (Å²) in [5, 5.41) is 3.26. The van der Waals surface area contributed by atoms with Gasteiger partial charge in [0, 0.05) is 23.8 Å². The summed E-state index contributed by atoms with van der Waals surface area (Å²) in [7, 11) is -2.50. The van der Waals surface area contributed by atoms with Crippen LogP contribution < -0.4 is 10.0 Å². The van der Waals surface area contributed by atoms with Crippen molar-refractivity contribution < 1.29 is 17.6 Å². The normalized spacial score (nSPS) is 22.1. The van der Waals surface area contributed by atoms with E-state index in [-0.39, 0.29) is 24.6 Å². The number of hydrogen-bond donors (Lipinski definition) is 2. The number of aromatic nitrogens is 1. The van der Waals surface area contributed by atoms with Crippen LogP contribution in [0, 0.1) is 12.7 Å². The quantitative estimate of drug-likeness (QED) is 0.776. The van der Waals surface area contributed by atoms with Crippen molar-refractivity contribution in [3.05, 3.63) is 45.1 Å². The van der Waals surface area contributed by atoms with Gasteiger partial charge in [-0.25, -0.2) is 9.37 Å². The maximum atomic E-state index is 13.3. The predicted molar refractivity (Wildman–Crippen MR) is 105 cm³/mol. The topological polar surface area (TPSA) is 91.4 Å². The molecule has 11 heteroatoms. The van der Waals surface area contributed by atoms with Gasteiger partial charge in [0.1, 0.15) is 11.9 Å². The lowest BCUT2D eigenvalue weighted by atomic mass is 10.1. The molecule has 1 aromatic heterocycles. The second-order valence-corrected chi connectivity index (χ2v) is 9.28. The number of aryl methyl sites for hydroxylation is 1. The van der Waals surface area contributed by atoms with E-state index in [4.69, 9.17) is 11.6 Å². The first-order chi connectivity index (χ1) is 12.2. The lowest BCUT2D eigenvalue weighted by Gasteiger charge is -2.35. The molecule has 7 nitrogen and oxygen atoms in total. The Morgan fingerprint density at radius 2 is 2.19 bits per heavy atom. The van der Waals surface area contributed by atoms with E-state index in [1.807, 2.05) is 6.92 Å². The summed E-state index contributed by atoms with van der Waals surface area (Å²) in [6.07, 6.45) is 1.84. The van der Waals surface area contributed by atoms with Crippen molar-refractivity contribution in [2.45, 2.75) is 32.9 Å². The highest BCUT2D eigenvalue weighted by Gasteiger charge is 2.41. The number of amides is 1. The minimum Gasteiger partial charge on any atom is -0.325 e. The third-order valence-electron chi connectivity index (χ3n) is 4.04. The van der Waals surface area contributed by atoms with Crippen LogP contribution in [0.5, 0.6) is 0 Å². The molecule has 0 saturated carbocycles. The zero-order valence-corrected chi connectivity index (χ0v) is 16.3.